The van der Waals surface area contributed by atoms with Crippen LogP contribution in [0, 0.1) is 0 Å². The lowest BCUT2D eigenvalue weighted by molar-refractivity contribution is -0.0450. The largest absolute Gasteiger partial charge is 0.384 e. The fourth-order valence-electron chi connectivity index (χ4n) is 2.33. The zero-order valence-electron chi connectivity index (χ0n) is 12.2. The van der Waals surface area contributed by atoms with Crippen LogP contribution in [-0.4, -0.2) is 45.8 Å². The van der Waals surface area contributed by atoms with Gasteiger partial charge in [-0.3, -0.25) is 4.90 Å². The first kappa shape index (κ1) is 14.0. The lowest BCUT2D eigenvalue weighted by Gasteiger charge is -2.34. The van der Waals surface area contributed by atoms with E-state index in [-0.39, 0.29) is 6.10 Å². The van der Waals surface area contributed by atoms with E-state index < -0.39 is 0 Å². The van der Waals surface area contributed by atoms with Crippen LogP contribution in [0.25, 0.3) is 11.6 Å². The van der Waals surface area contributed by atoms with Gasteiger partial charge in [-0.2, -0.15) is 4.98 Å². The minimum Gasteiger partial charge on any atom is -0.384 e. The Kier molecular flexibility index (Phi) is 3.85. The number of rotatable bonds is 3. The van der Waals surface area contributed by atoms with Gasteiger partial charge in [0, 0.05) is 19.1 Å². The molecule has 0 saturated carbocycles. The maximum absolute atomic E-state index is 5.75. The molecular formula is C14H19N5O2. The Morgan fingerprint density at radius 1 is 1.33 bits per heavy atom. The first-order valence-corrected chi connectivity index (χ1v) is 7.05. The van der Waals surface area contributed by atoms with E-state index in [1.54, 1.807) is 18.2 Å². The van der Waals surface area contributed by atoms with Gasteiger partial charge in [0.2, 0.25) is 5.82 Å². The van der Waals surface area contributed by atoms with Crippen molar-refractivity contribution in [2.75, 3.05) is 25.4 Å². The van der Waals surface area contributed by atoms with Crippen molar-refractivity contribution in [1.82, 2.24) is 20.0 Å². The molecule has 2 N–H and O–H groups in total. The van der Waals surface area contributed by atoms with Gasteiger partial charge in [-0.25, -0.2) is 4.98 Å². The number of morpholine rings is 1. The zero-order valence-corrected chi connectivity index (χ0v) is 12.2. The summed E-state index contributed by atoms with van der Waals surface area (Å²) in [6.45, 7) is 6.70. The summed E-state index contributed by atoms with van der Waals surface area (Å²) in [6, 6.07) is 5.78. The highest BCUT2D eigenvalue weighted by atomic mass is 16.5. The van der Waals surface area contributed by atoms with E-state index in [9.17, 15) is 0 Å². The van der Waals surface area contributed by atoms with Crippen molar-refractivity contribution in [2.24, 2.45) is 0 Å². The molecule has 2 aromatic heterocycles. The highest BCUT2D eigenvalue weighted by Gasteiger charge is 2.27. The molecular weight excluding hydrogens is 270 g/mol. The van der Waals surface area contributed by atoms with Gasteiger partial charge in [-0.1, -0.05) is 11.2 Å². The molecule has 1 aliphatic heterocycles. The zero-order chi connectivity index (χ0) is 14.8. The SMILES string of the molecule is CC(C)N1CCOC(c2noc(-c3cccc(N)n3)n2)C1. The van der Waals surface area contributed by atoms with E-state index in [2.05, 4.69) is 33.9 Å². The van der Waals surface area contributed by atoms with Gasteiger partial charge < -0.3 is 15.0 Å². The molecule has 0 aromatic carbocycles. The average Bonchev–Trinajstić information content (AvgIpc) is 2.97. The molecule has 7 heteroatoms. The first-order chi connectivity index (χ1) is 10.1. The van der Waals surface area contributed by atoms with Gasteiger partial charge in [0.25, 0.3) is 5.89 Å². The Balaban J connectivity index is 1.78. The van der Waals surface area contributed by atoms with Crippen LogP contribution < -0.4 is 5.73 Å². The number of hydrogen-bond donors (Lipinski definition) is 1. The third kappa shape index (κ3) is 3.03. The molecule has 3 rings (SSSR count). The summed E-state index contributed by atoms with van der Waals surface area (Å²) >= 11 is 0. The maximum atomic E-state index is 5.75. The van der Waals surface area contributed by atoms with E-state index in [4.69, 9.17) is 15.0 Å². The summed E-state index contributed by atoms with van der Waals surface area (Å²) in [5.41, 5.74) is 6.24. The summed E-state index contributed by atoms with van der Waals surface area (Å²) < 4.78 is 11.0. The van der Waals surface area contributed by atoms with Crippen molar-refractivity contribution < 1.29 is 9.26 Å². The Labute approximate surface area is 123 Å². The highest BCUT2D eigenvalue weighted by Crippen LogP contribution is 2.23. The van der Waals surface area contributed by atoms with Crippen LogP contribution in [0.5, 0.6) is 0 Å². The molecule has 1 saturated heterocycles. The third-order valence-corrected chi connectivity index (χ3v) is 3.55. The van der Waals surface area contributed by atoms with Crippen molar-refractivity contribution in [1.29, 1.82) is 0 Å². The molecule has 7 nitrogen and oxygen atoms in total. The predicted molar refractivity (Wildman–Crippen MR) is 77.3 cm³/mol. The Morgan fingerprint density at radius 2 is 2.19 bits per heavy atom. The van der Waals surface area contributed by atoms with Gasteiger partial charge in [-0.05, 0) is 26.0 Å². The topological polar surface area (TPSA) is 90.3 Å². The van der Waals surface area contributed by atoms with Crippen LogP contribution in [0.15, 0.2) is 22.7 Å². The standard InChI is InChI=1S/C14H19N5O2/c1-9(2)19-6-7-20-11(8-19)13-17-14(21-18-13)10-4-3-5-12(15)16-10/h3-5,9,11H,6-8H2,1-2H3,(H2,15,16). The van der Waals surface area contributed by atoms with E-state index >= 15 is 0 Å². The molecule has 0 aliphatic carbocycles. The van der Waals surface area contributed by atoms with E-state index in [1.807, 2.05) is 0 Å². The van der Waals surface area contributed by atoms with Crippen LogP contribution in [-0.2, 0) is 4.74 Å². The molecule has 0 spiro atoms. The lowest BCUT2D eigenvalue weighted by atomic mass is 10.2. The quantitative estimate of drug-likeness (QED) is 0.915. The molecule has 0 radical (unpaired) electrons. The van der Waals surface area contributed by atoms with Crippen LogP contribution in [0.4, 0.5) is 5.82 Å². The number of aromatic nitrogens is 3. The molecule has 2 aromatic rings. The van der Waals surface area contributed by atoms with Gasteiger partial charge >= 0.3 is 0 Å². The van der Waals surface area contributed by atoms with Crippen molar-refractivity contribution in [3.63, 3.8) is 0 Å². The predicted octanol–water partition coefficient (Wildman–Crippen LogP) is 1.50. The number of anilines is 1. The minimum atomic E-state index is -0.167. The summed E-state index contributed by atoms with van der Waals surface area (Å²) in [5, 5.41) is 4.02. The second-order valence-corrected chi connectivity index (χ2v) is 5.35. The van der Waals surface area contributed by atoms with Crippen molar-refractivity contribution >= 4 is 5.82 Å². The van der Waals surface area contributed by atoms with Crippen LogP contribution in [0.1, 0.15) is 25.8 Å². The van der Waals surface area contributed by atoms with E-state index in [0.717, 1.165) is 13.1 Å². The maximum Gasteiger partial charge on any atom is 0.276 e. The fraction of sp³-hybridized carbons (Fsp3) is 0.500. The molecule has 0 amide bonds. The lowest BCUT2D eigenvalue weighted by Crippen LogP contribution is -2.42. The Morgan fingerprint density at radius 3 is 2.95 bits per heavy atom. The molecule has 112 valence electrons. The number of ether oxygens (including phenoxy) is 1. The molecule has 1 unspecified atom stereocenters. The van der Waals surface area contributed by atoms with Crippen LogP contribution >= 0.6 is 0 Å². The smallest absolute Gasteiger partial charge is 0.276 e. The van der Waals surface area contributed by atoms with Gasteiger partial charge in [0.15, 0.2) is 0 Å². The van der Waals surface area contributed by atoms with Crippen LogP contribution in [0.2, 0.25) is 0 Å². The van der Waals surface area contributed by atoms with Crippen molar-refractivity contribution in [3.05, 3.63) is 24.0 Å². The van der Waals surface area contributed by atoms with Gasteiger partial charge in [-0.15, -0.1) is 0 Å². The van der Waals surface area contributed by atoms with E-state index in [0.29, 0.717) is 35.9 Å². The monoisotopic (exact) mass is 289 g/mol. The second-order valence-electron chi connectivity index (χ2n) is 5.35. The molecule has 1 atom stereocenters. The molecule has 0 bridgehead atoms. The van der Waals surface area contributed by atoms with Gasteiger partial charge in [0.1, 0.15) is 17.6 Å². The van der Waals surface area contributed by atoms with Gasteiger partial charge in [0.05, 0.1) is 6.61 Å². The molecule has 3 heterocycles. The normalized spacial score (nSPS) is 20.0. The number of hydrogen-bond acceptors (Lipinski definition) is 7. The fourth-order valence-corrected chi connectivity index (χ4v) is 2.33. The van der Waals surface area contributed by atoms with Crippen molar-refractivity contribution in [3.8, 4) is 11.6 Å². The first-order valence-electron chi connectivity index (χ1n) is 7.05. The molecule has 1 fully saturated rings. The summed E-state index contributed by atoms with van der Waals surface area (Å²) in [6.07, 6.45) is -0.167. The molecule has 21 heavy (non-hydrogen) atoms. The summed E-state index contributed by atoms with van der Waals surface area (Å²) in [5.74, 6) is 1.34. The summed E-state index contributed by atoms with van der Waals surface area (Å²) in [7, 11) is 0. The second kappa shape index (κ2) is 5.79. The number of nitrogens with two attached hydrogens (primary N) is 1. The summed E-state index contributed by atoms with van der Waals surface area (Å²) in [4.78, 5) is 10.9. The Hall–Kier alpha value is -1.99. The minimum absolute atomic E-state index is 0.167. The van der Waals surface area contributed by atoms with Crippen LogP contribution in [0.3, 0.4) is 0 Å². The number of nitrogen functional groups attached to an aromatic ring is 1. The third-order valence-electron chi connectivity index (χ3n) is 3.55. The number of nitrogens with zero attached hydrogens (tertiary/aromatic N) is 4. The Bertz CT molecular complexity index is 613. The highest BCUT2D eigenvalue weighted by molar-refractivity contribution is 5.49. The average molecular weight is 289 g/mol. The molecule has 1 aliphatic rings. The van der Waals surface area contributed by atoms with Crippen molar-refractivity contribution in [2.45, 2.75) is 26.0 Å². The van der Waals surface area contributed by atoms with E-state index in [1.165, 1.54) is 0 Å². The number of pyridine rings is 1.